The molecule has 0 atom stereocenters. The van der Waals surface area contributed by atoms with Crippen molar-refractivity contribution in [3.05, 3.63) is 35.2 Å². The normalized spacial score (nSPS) is 11.2. The fourth-order valence-corrected chi connectivity index (χ4v) is 2.62. The van der Waals surface area contributed by atoms with Crippen LogP contribution < -0.4 is 5.73 Å². The topological polar surface area (TPSA) is 43.8 Å². The number of rotatable bonds is 3. The molecule has 6 heteroatoms. The molecule has 0 aliphatic carbocycles. The van der Waals surface area contributed by atoms with Crippen LogP contribution in [0.5, 0.6) is 0 Å². The first-order valence-corrected chi connectivity index (χ1v) is 6.71. The van der Waals surface area contributed by atoms with E-state index in [-0.39, 0.29) is 10.7 Å². The second kappa shape index (κ2) is 5.20. The van der Waals surface area contributed by atoms with Crippen LogP contribution in [-0.2, 0) is 0 Å². The van der Waals surface area contributed by atoms with Gasteiger partial charge in [-0.25, -0.2) is 9.07 Å². The summed E-state index contributed by atoms with van der Waals surface area (Å²) in [5.74, 6) is -0.0425. The highest BCUT2D eigenvalue weighted by molar-refractivity contribution is 8.00. The van der Waals surface area contributed by atoms with Crippen molar-refractivity contribution in [1.29, 1.82) is 0 Å². The molecule has 1 aromatic heterocycles. The minimum atomic E-state index is -0.446. The Balaban J connectivity index is 2.49. The number of thioether (sulfide) groups is 1. The minimum absolute atomic E-state index is 0.187. The van der Waals surface area contributed by atoms with Gasteiger partial charge in [0.2, 0.25) is 0 Å². The van der Waals surface area contributed by atoms with Gasteiger partial charge in [0.15, 0.2) is 0 Å². The van der Waals surface area contributed by atoms with Crippen LogP contribution in [0.1, 0.15) is 13.8 Å². The number of hydrogen-bond acceptors (Lipinski definition) is 3. The number of anilines is 1. The zero-order chi connectivity index (χ0) is 13.3. The molecule has 18 heavy (non-hydrogen) atoms. The van der Waals surface area contributed by atoms with E-state index in [0.29, 0.717) is 11.1 Å². The van der Waals surface area contributed by atoms with Crippen molar-refractivity contribution < 1.29 is 4.39 Å². The number of hydrogen-bond donors (Lipinski definition) is 1. The minimum Gasteiger partial charge on any atom is -0.383 e. The maximum absolute atomic E-state index is 13.8. The van der Waals surface area contributed by atoms with Crippen LogP contribution in [0.3, 0.4) is 0 Å². The highest BCUT2D eigenvalue weighted by Crippen LogP contribution is 2.32. The summed E-state index contributed by atoms with van der Waals surface area (Å²) in [7, 11) is 0. The lowest BCUT2D eigenvalue weighted by atomic mass is 10.3. The first kappa shape index (κ1) is 13.2. The van der Waals surface area contributed by atoms with E-state index in [4.69, 9.17) is 17.3 Å². The van der Waals surface area contributed by atoms with E-state index in [0.717, 1.165) is 4.90 Å². The van der Waals surface area contributed by atoms with Crippen molar-refractivity contribution in [2.45, 2.75) is 24.0 Å². The van der Waals surface area contributed by atoms with Crippen LogP contribution in [0.25, 0.3) is 5.69 Å². The van der Waals surface area contributed by atoms with Gasteiger partial charge in [0.25, 0.3) is 0 Å². The maximum Gasteiger partial charge on any atom is 0.150 e. The average Bonchev–Trinajstić information content (AvgIpc) is 2.61. The van der Waals surface area contributed by atoms with E-state index >= 15 is 0 Å². The van der Waals surface area contributed by atoms with E-state index in [2.05, 4.69) is 18.9 Å². The second-order valence-corrected chi connectivity index (χ2v) is 6.07. The fraction of sp³-hybridized carbons (Fsp3) is 0.250. The predicted octanol–water partition coefficient (Wildman–Crippen LogP) is 3.75. The Morgan fingerprint density at radius 3 is 2.78 bits per heavy atom. The fourth-order valence-electron chi connectivity index (χ4n) is 1.56. The lowest BCUT2D eigenvalue weighted by Crippen LogP contribution is -2.05. The summed E-state index contributed by atoms with van der Waals surface area (Å²) >= 11 is 7.57. The van der Waals surface area contributed by atoms with Crippen LogP contribution in [0, 0.1) is 5.82 Å². The van der Waals surface area contributed by atoms with Gasteiger partial charge in [-0.05, 0) is 12.1 Å². The molecule has 0 amide bonds. The van der Waals surface area contributed by atoms with E-state index in [1.54, 1.807) is 30.1 Å². The van der Waals surface area contributed by atoms with Crippen LogP contribution in [0.15, 0.2) is 29.3 Å². The Bertz CT molecular complexity index is 548. The summed E-state index contributed by atoms with van der Waals surface area (Å²) in [4.78, 5) is 0.823. The third-order valence-electron chi connectivity index (χ3n) is 2.28. The van der Waals surface area contributed by atoms with Crippen molar-refractivity contribution in [3.8, 4) is 5.69 Å². The molecule has 0 spiro atoms. The molecule has 96 valence electrons. The van der Waals surface area contributed by atoms with Crippen LogP contribution in [0.2, 0.25) is 5.02 Å². The molecule has 0 fully saturated rings. The molecular weight excluding hydrogens is 273 g/mol. The first-order chi connectivity index (χ1) is 8.50. The SMILES string of the molecule is CC(C)Sc1cnn(-c2c(F)cccc2Cl)c1N. The maximum atomic E-state index is 13.8. The Labute approximate surface area is 114 Å². The molecule has 3 nitrogen and oxygen atoms in total. The molecule has 0 aliphatic rings. The summed E-state index contributed by atoms with van der Waals surface area (Å²) in [6, 6.07) is 4.48. The Hall–Kier alpha value is -1.20. The number of nitrogens with two attached hydrogens (primary N) is 1. The van der Waals surface area contributed by atoms with Crippen molar-refractivity contribution in [3.63, 3.8) is 0 Å². The smallest absolute Gasteiger partial charge is 0.150 e. The van der Waals surface area contributed by atoms with Crippen LogP contribution >= 0.6 is 23.4 Å². The van der Waals surface area contributed by atoms with Crippen molar-refractivity contribution in [2.75, 3.05) is 5.73 Å². The number of benzene rings is 1. The highest BCUT2D eigenvalue weighted by Gasteiger charge is 2.16. The molecule has 2 N–H and O–H groups in total. The van der Waals surface area contributed by atoms with Gasteiger partial charge in [-0.1, -0.05) is 31.5 Å². The second-order valence-electron chi connectivity index (χ2n) is 4.04. The quantitative estimate of drug-likeness (QED) is 0.874. The standard InChI is InChI=1S/C12H13ClFN3S/c1-7(2)18-10-6-16-17(12(10)15)11-8(13)4-3-5-9(11)14/h3-7H,15H2,1-2H3. The summed E-state index contributed by atoms with van der Waals surface area (Å²) in [5, 5.41) is 4.77. The van der Waals surface area contributed by atoms with Crippen LogP contribution in [-0.4, -0.2) is 15.0 Å². The Morgan fingerprint density at radius 2 is 2.17 bits per heavy atom. The largest absolute Gasteiger partial charge is 0.383 e. The summed E-state index contributed by atoms with van der Waals surface area (Å²) in [6.07, 6.45) is 1.63. The van der Waals surface area contributed by atoms with Gasteiger partial charge in [0.1, 0.15) is 17.3 Å². The molecule has 0 radical (unpaired) electrons. The zero-order valence-corrected chi connectivity index (χ0v) is 11.6. The molecule has 0 saturated carbocycles. The first-order valence-electron chi connectivity index (χ1n) is 5.45. The van der Waals surface area contributed by atoms with Crippen molar-refractivity contribution in [2.24, 2.45) is 0 Å². The lowest BCUT2D eigenvalue weighted by Gasteiger charge is -2.08. The van der Waals surface area contributed by atoms with Crippen LogP contribution in [0.4, 0.5) is 10.2 Å². The molecule has 0 aliphatic heterocycles. The van der Waals surface area contributed by atoms with E-state index < -0.39 is 5.82 Å². The number of nitrogens with zero attached hydrogens (tertiary/aromatic N) is 2. The predicted molar refractivity (Wildman–Crippen MR) is 73.9 cm³/mol. The number of halogens is 2. The van der Waals surface area contributed by atoms with Gasteiger partial charge in [0.05, 0.1) is 16.1 Å². The number of nitrogen functional groups attached to an aromatic ring is 1. The number of aromatic nitrogens is 2. The Morgan fingerprint density at radius 1 is 1.44 bits per heavy atom. The van der Waals surface area contributed by atoms with Gasteiger partial charge in [-0.2, -0.15) is 5.10 Å². The third-order valence-corrected chi connectivity index (χ3v) is 3.63. The molecule has 1 heterocycles. The molecule has 0 unspecified atom stereocenters. The molecule has 0 bridgehead atoms. The molecule has 2 aromatic rings. The van der Waals surface area contributed by atoms with E-state index in [1.807, 2.05) is 0 Å². The lowest BCUT2D eigenvalue weighted by molar-refractivity contribution is 0.612. The molecule has 2 rings (SSSR count). The average molecular weight is 286 g/mol. The molecule has 1 aromatic carbocycles. The van der Waals surface area contributed by atoms with Crippen molar-refractivity contribution in [1.82, 2.24) is 9.78 Å². The van der Waals surface area contributed by atoms with Gasteiger partial charge >= 0.3 is 0 Å². The monoisotopic (exact) mass is 285 g/mol. The van der Waals surface area contributed by atoms with E-state index in [9.17, 15) is 4.39 Å². The van der Waals surface area contributed by atoms with E-state index in [1.165, 1.54) is 10.7 Å². The summed E-state index contributed by atoms with van der Waals surface area (Å²) in [6.45, 7) is 4.11. The van der Waals surface area contributed by atoms with Crippen molar-refractivity contribution >= 4 is 29.2 Å². The highest BCUT2D eigenvalue weighted by atomic mass is 35.5. The third kappa shape index (κ3) is 2.47. The van der Waals surface area contributed by atoms with Gasteiger partial charge in [-0.15, -0.1) is 11.8 Å². The Kier molecular flexibility index (Phi) is 3.82. The van der Waals surface area contributed by atoms with Gasteiger partial charge < -0.3 is 5.73 Å². The van der Waals surface area contributed by atoms with Gasteiger partial charge in [-0.3, -0.25) is 0 Å². The molecule has 0 saturated heterocycles. The zero-order valence-electron chi connectivity index (χ0n) is 10.0. The molecular formula is C12H13ClFN3S. The number of para-hydroxylation sites is 1. The summed E-state index contributed by atoms with van der Waals surface area (Å²) in [5.41, 5.74) is 6.16. The summed E-state index contributed by atoms with van der Waals surface area (Å²) < 4.78 is 15.1. The van der Waals surface area contributed by atoms with Gasteiger partial charge in [0, 0.05) is 5.25 Å².